The summed E-state index contributed by atoms with van der Waals surface area (Å²) in [6.45, 7) is 3.77. The Balaban J connectivity index is 2.21. The molecule has 0 amide bonds. The van der Waals surface area contributed by atoms with Crippen LogP contribution in [-0.2, 0) is 19.6 Å². The highest BCUT2D eigenvalue weighted by atomic mass is 127. The van der Waals surface area contributed by atoms with Crippen molar-refractivity contribution in [1.29, 1.82) is 0 Å². The number of benzene rings is 2. The quantitative estimate of drug-likeness (QED) is 0.350. The Morgan fingerprint density at radius 3 is 2.31 bits per heavy atom. The van der Waals surface area contributed by atoms with E-state index in [1.54, 1.807) is 19.1 Å². The Kier molecular flexibility index (Phi) is 7.60. The number of hydrogen-bond donors (Lipinski definition) is 1. The van der Waals surface area contributed by atoms with Gasteiger partial charge in [-0.3, -0.25) is 4.79 Å². The van der Waals surface area contributed by atoms with Gasteiger partial charge in [-0.05, 0) is 38.0 Å². The smallest absolute Gasteiger partial charge is 0.324 e. The van der Waals surface area contributed by atoms with Crippen LogP contribution in [0.1, 0.15) is 28.4 Å². The third-order valence-electron chi connectivity index (χ3n) is 3.80. The van der Waals surface area contributed by atoms with E-state index in [-0.39, 0.29) is 15.4 Å². The van der Waals surface area contributed by atoms with E-state index >= 15 is 0 Å². The molecule has 140 valence electrons. The zero-order chi connectivity index (χ0) is 19.2. The number of aryl methyl sites for hydroxylation is 1. The van der Waals surface area contributed by atoms with Crippen molar-refractivity contribution in [2.45, 2.75) is 35.1 Å². The number of halogens is 1. The lowest BCUT2D eigenvalue weighted by Crippen LogP contribution is -2.42. The summed E-state index contributed by atoms with van der Waals surface area (Å²) in [6.07, 6.45) is 0.300. The maximum Gasteiger partial charge on any atom is 0.324 e. The van der Waals surface area contributed by atoms with Crippen molar-refractivity contribution in [3.63, 3.8) is 0 Å². The van der Waals surface area contributed by atoms with Crippen molar-refractivity contribution in [3.8, 4) is 0 Å². The maximum absolute atomic E-state index is 12.7. The summed E-state index contributed by atoms with van der Waals surface area (Å²) in [6, 6.07) is 15.2. The van der Waals surface area contributed by atoms with Crippen molar-refractivity contribution in [1.82, 2.24) is 4.72 Å². The number of carbonyl (C=O) groups is 1. The Morgan fingerprint density at radius 1 is 1.12 bits per heavy atom. The summed E-state index contributed by atoms with van der Waals surface area (Å²) in [5, 5.41) is 0. The van der Waals surface area contributed by atoms with E-state index in [0.717, 1.165) is 11.1 Å². The van der Waals surface area contributed by atoms with Crippen LogP contribution in [0.4, 0.5) is 0 Å². The number of nitrogens with one attached hydrogen (secondary N) is 1. The first-order chi connectivity index (χ1) is 12.3. The van der Waals surface area contributed by atoms with Crippen LogP contribution in [0.5, 0.6) is 0 Å². The average molecular weight is 487 g/mol. The van der Waals surface area contributed by atoms with Gasteiger partial charge in [0.25, 0.3) is 0 Å². The van der Waals surface area contributed by atoms with Gasteiger partial charge in [-0.25, -0.2) is 8.42 Å². The number of ether oxygens (including phenoxy) is 1. The molecule has 0 radical (unpaired) electrons. The van der Waals surface area contributed by atoms with Gasteiger partial charge in [0.1, 0.15) is 6.04 Å². The summed E-state index contributed by atoms with van der Waals surface area (Å²) < 4.78 is 32.9. The second-order valence-electron chi connectivity index (χ2n) is 5.85. The van der Waals surface area contributed by atoms with Crippen LogP contribution in [0.15, 0.2) is 59.5 Å². The fourth-order valence-electron chi connectivity index (χ4n) is 2.41. The first kappa shape index (κ1) is 20.9. The molecule has 2 aromatic rings. The molecule has 2 aromatic carbocycles. The van der Waals surface area contributed by atoms with E-state index < -0.39 is 22.0 Å². The van der Waals surface area contributed by atoms with Gasteiger partial charge in [-0.1, -0.05) is 70.6 Å². The lowest BCUT2D eigenvalue weighted by atomic mass is 10.1. The van der Waals surface area contributed by atoms with E-state index in [1.165, 1.54) is 12.1 Å². The molecule has 0 aliphatic rings. The topological polar surface area (TPSA) is 72.5 Å². The molecule has 5 nitrogen and oxygen atoms in total. The van der Waals surface area contributed by atoms with Gasteiger partial charge in [0.2, 0.25) is 10.0 Å². The summed E-state index contributed by atoms with van der Waals surface area (Å²) in [7, 11) is -3.82. The van der Waals surface area contributed by atoms with E-state index in [2.05, 4.69) is 27.3 Å². The molecule has 0 fully saturated rings. The predicted octanol–water partition coefficient (Wildman–Crippen LogP) is 3.77. The number of carbonyl (C=O) groups excluding carboxylic acids is 1. The van der Waals surface area contributed by atoms with Crippen molar-refractivity contribution >= 4 is 38.6 Å². The lowest BCUT2D eigenvalue weighted by molar-refractivity contribution is -0.145. The minimum Gasteiger partial charge on any atom is -0.465 e. The zero-order valence-electron chi connectivity index (χ0n) is 14.7. The molecule has 26 heavy (non-hydrogen) atoms. The fraction of sp³-hybridized carbons (Fsp3) is 0.316. The summed E-state index contributed by atoms with van der Waals surface area (Å²) >= 11 is 2.21. The lowest BCUT2D eigenvalue weighted by Gasteiger charge is -2.20. The largest absolute Gasteiger partial charge is 0.465 e. The number of sulfonamides is 1. The molecule has 0 unspecified atom stereocenters. The van der Waals surface area contributed by atoms with Crippen LogP contribution >= 0.6 is 22.6 Å². The summed E-state index contributed by atoms with van der Waals surface area (Å²) in [5.74, 6) is -0.569. The highest BCUT2D eigenvalue weighted by molar-refractivity contribution is 14.1. The third kappa shape index (κ3) is 5.78. The number of esters is 1. The van der Waals surface area contributed by atoms with Crippen LogP contribution in [-0.4, -0.2) is 27.0 Å². The molecule has 0 saturated heterocycles. The molecule has 0 aromatic heterocycles. The highest BCUT2D eigenvalue weighted by Gasteiger charge is 2.29. The third-order valence-corrected chi connectivity index (χ3v) is 6.52. The van der Waals surface area contributed by atoms with E-state index in [1.807, 2.05) is 37.3 Å². The van der Waals surface area contributed by atoms with Gasteiger partial charge in [0, 0.05) is 3.92 Å². The van der Waals surface area contributed by atoms with E-state index in [9.17, 15) is 13.2 Å². The first-order valence-electron chi connectivity index (χ1n) is 8.28. The second-order valence-corrected chi connectivity index (χ2v) is 9.07. The predicted molar refractivity (Wildman–Crippen MR) is 110 cm³/mol. The Bertz CT molecular complexity index is 822. The number of rotatable bonds is 8. The standard InChI is InChI=1S/C19H22INO4S/c1-3-25-19(22)18(13-17(20)15-7-5-4-6-8-15)21-26(23,24)16-11-9-14(2)10-12-16/h4-12,17-18,21H,3,13H2,1-2H3/t17-,18+/m1/s1. The number of hydrogen-bond acceptors (Lipinski definition) is 4. The van der Waals surface area contributed by atoms with Gasteiger partial charge < -0.3 is 4.74 Å². The number of alkyl halides is 1. The molecule has 0 aliphatic carbocycles. The fourth-order valence-corrected chi connectivity index (χ4v) is 4.53. The molecule has 2 rings (SSSR count). The van der Waals surface area contributed by atoms with Gasteiger partial charge >= 0.3 is 5.97 Å². The van der Waals surface area contributed by atoms with Crippen molar-refractivity contribution in [2.24, 2.45) is 0 Å². The maximum atomic E-state index is 12.7. The van der Waals surface area contributed by atoms with Gasteiger partial charge in [-0.2, -0.15) is 4.72 Å². The molecular formula is C19H22INO4S. The van der Waals surface area contributed by atoms with Crippen LogP contribution in [0, 0.1) is 6.92 Å². The minimum absolute atomic E-state index is 0.0380. The SMILES string of the molecule is CCOC(=O)[C@H](C[C@@H](I)c1ccccc1)NS(=O)(=O)c1ccc(C)cc1. The Hall–Kier alpha value is -1.45. The molecule has 0 bridgehead atoms. The highest BCUT2D eigenvalue weighted by Crippen LogP contribution is 2.29. The zero-order valence-corrected chi connectivity index (χ0v) is 17.7. The van der Waals surface area contributed by atoms with Gasteiger partial charge in [0.15, 0.2) is 0 Å². The molecule has 0 spiro atoms. The van der Waals surface area contributed by atoms with Gasteiger partial charge in [0.05, 0.1) is 11.5 Å². The molecule has 2 atom stereocenters. The van der Waals surface area contributed by atoms with Crippen molar-refractivity contribution in [2.75, 3.05) is 6.61 Å². The molecule has 0 heterocycles. The monoisotopic (exact) mass is 487 g/mol. The van der Waals surface area contributed by atoms with Crippen molar-refractivity contribution < 1.29 is 17.9 Å². The molecular weight excluding hydrogens is 465 g/mol. The van der Waals surface area contributed by atoms with Gasteiger partial charge in [-0.15, -0.1) is 0 Å². The van der Waals surface area contributed by atoms with Crippen LogP contribution < -0.4 is 4.72 Å². The average Bonchev–Trinajstić information content (AvgIpc) is 2.62. The minimum atomic E-state index is -3.82. The normalized spacial score (nSPS) is 13.8. The Morgan fingerprint density at radius 2 is 1.73 bits per heavy atom. The summed E-state index contributed by atoms with van der Waals surface area (Å²) in [5.41, 5.74) is 1.99. The van der Waals surface area contributed by atoms with E-state index in [0.29, 0.717) is 6.42 Å². The second kappa shape index (κ2) is 9.48. The first-order valence-corrected chi connectivity index (χ1v) is 11.0. The van der Waals surface area contributed by atoms with Crippen LogP contribution in [0.2, 0.25) is 0 Å². The van der Waals surface area contributed by atoms with Crippen LogP contribution in [0.3, 0.4) is 0 Å². The summed E-state index contributed by atoms with van der Waals surface area (Å²) in [4.78, 5) is 12.4. The van der Waals surface area contributed by atoms with Crippen LogP contribution in [0.25, 0.3) is 0 Å². The Labute approximate surface area is 168 Å². The molecule has 1 N–H and O–H groups in total. The molecule has 0 aliphatic heterocycles. The van der Waals surface area contributed by atoms with E-state index in [4.69, 9.17) is 4.74 Å². The van der Waals surface area contributed by atoms with Crippen molar-refractivity contribution in [3.05, 3.63) is 65.7 Å². The molecule has 7 heteroatoms. The molecule has 0 saturated carbocycles.